The fourth-order valence-corrected chi connectivity index (χ4v) is 6.36. The zero-order chi connectivity index (χ0) is 41.9. The molecule has 0 saturated carbocycles. The number of aliphatic hydroxyl groups is 4. The number of nitrogens with one attached hydrogen (secondary N) is 4. The number of aromatic nitrogens is 1. The molecule has 1 aliphatic heterocycles. The molecule has 0 aliphatic carbocycles. The number of primary amides is 1. The molecule has 19 heteroatoms. The lowest BCUT2D eigenvalue weighted by Crippen LogP contribution is -2.60. The summed E-state index contributed by atoms with van der Waals surface area (Å²) in [6, 6.07) is 15.2. The molecule has 0 spiro atoms. The molecule has 1 aliphatic rings. The van der Waals surface area contributed by atoms with E-state index in [0.29, 0.717) is 5.56 Å². The maximum Gasteiger partial charge on any atom is 0.251 e. The number of para-hydroxylation sites is 1. The van der Waals surface area contributed by atoms with Crippen LogP contribution in [0.25, 0.3) is 10.9 Å². The van der Waals surface area contributed by atoms with Gasteiger partial charge in [-0.05, 0) is 66.4 Å². The van der Waals surface area contributed by atoms with Crippen molar-refractivity contribution in [3.8, 4) is 11.5 Å². The molecule has 1 fully saturated rings. The molecule has 0 unspecified atom stereocenters. The van der Waals surface area contributed by atoms with Crippen molar-refractivity contribution in [3.63, 3.8) is 0 Å². The maximum atomic E-state index is 14.0. The third kappa shape index (κ3) is 11.2. The van der Waals surface area contributed by atoms with Crippen LogP contribution in [0.2, 0.25) is 0 Å². The number of nitrogens with zero attached hydrogens (tertiary/aromatic N) is 1. The van der Waals surface area contributed by atoms with Crippen LogP contribution in [-0.2, 0) is 32.0 Å². The fraction of sp³-hybridized carbons (Fsp3) is 0.359. The Bertz CT molecular complexity index is 2050. The zero-order valence-electron chi connectivity index (χ0n) is 31.2. The van der Waals surface area contributed by atoms with Crippen molar-refractivity contribution in [1.82, 2.24) is 20.9 Å². The summed E-state index contributed by atoms with van der Waals surface area (Å²) in [7, 11) is 0. The van der Waals surface area contributed by atoms with Crippen molar-refractivity contribution in [2.45, 2.75) is 74.5 Å². The van der Waals surface area contributed by atoms with Crippen molar-refractivity contribution in [3.05, 3.63) is 95.7 Å². The fourth-order valence-electron chi connectivity index (χ4n) is 6.36. The highest BCUT2D eigenvalue weighted by molar-refractivity contribution is 5.99. The first-order valence-corrected chi connectivity index (χ1v) is 18.4. The maximum absolute atomic E-state index is 14.0. The van der Waals surface area contributed by atoms with Crippen molar-refractivity contribution in [2.24, 2.45) is 22.2 Å². The molecule has 3 aromatic carbocycles. The summed E-state index contributed by atoms with van der Waals surface area (Å²) in [4.78, 5) is 61.1. The number of ether oxygens (including phenoxy) is 2. The number of H-pyrrole nitrogens is 1. The smallest absolute Gasteiger partial charge is 0.251 e. The number of aromatic hydroxyl groups is 1. The minimum absolute atomic E-state index is 0.0195. The summed E-state index contributed by atoms with van der Waals surface area (Å²) in [6.07, 6.45) is -5.54. The number of carbonyl (C=O) groups is 4. The first kappa shape index (κ1) is 42.9. The van der Waals surface area contributed by atoms with Crippen LogP contribution in [0.4, 0.5) is 0 Å². The predicted octanol–water partition coefficient (Wildman–Crippen LogP) is -1.86. The van der Waals surface area contributed by atoms with Gasteiger partial charge in [-0.25, -0.2) is 0 Å². The first-order chi connectivity index (χ1) is 27.7. The molecule has 4 aromatic rings. The summed E-state index contributed by atoms with van der Waals surface area (Å²) in [5, 5.41) is 58.6. The molecule has 2 heterocycles. The van der Waals surface area contributed by atoms with Crippen LogP contribution in [-0.4, -0.2) is 122 Å². The van der Waals surface area contributed by atoms with E-state index in [9.17, 15) is 44.7 Å². The summed E-state index contributed by atoms with van der Waals surface area (Å²) < 4.78 is 11.0. The Morgan fingerprint density at radius 1 is 0.810 bits per heavy atom. The lowest BCUT2D eigenvalue weighted by atomic mass is 9.99. The zero-order valence-corrected chi connectivity index (χ0v) is 31.2. The second kappa shape index (κ2) is 19.7. The van der Waals surface area contributed by atoms with Gasteiger partial charge in [0.25, 0.3) is 5.91 Å². The average Bonchev–Trinajstić information content (AvgIpc) is 3.62. The van der Waals surface area contributed by atoms with Crippen LogP contribution >= 0.6 is 0 Å². The molecule has 4 amide bonds. The molecule has 58 heavy (non-hydrogen) atoms. The van der Waals surface area contributed by atoms with Gasteiger partial charge >= 0.3 is 0 Å². The van der Waals surface area contributed by atoms with Gasteiger partial charge < -0.3 is 73.1 Å². The normalized spacial score (nSPS) is 20.6. The Labute approximate surface area is 332 Å². The van der Waals surface area contributed by atoms with Gasteiger partial charge in [0.2, 0.25) is 24.0 Å². The van der Waals surface area contributed by atoms with E-state index in [1.54, 1.807) is 18.3 Å². The van der Waals surface area contributed by atoms with Gasteiger partial charge in [-0.15, -0.1) is 0 Å². The van der Waals surface area contributed by atoms with Gasteiger partial charge in [-0.1, -0.05) is 30.3 Å². The van der Waals surface area contributed by atoms with Crippen LogP contribution in [0.15, 0.2) is 84.0 Å². The highest BCUT2D eigenvalue weighted by Gasteiger charge is 2.44. The number of phenolic OH excluding ortho intramolecular Hbond substituents is 1. The van der Waals surface area contributed by atoms with E-state index in [1.165, 1.54) is 36.4 Å². The highest BCUT2D eigenvalue weighted by atomic mass is 16.7. The summed E-state index contributed by atoms with van der Waals surface area (Å²) in [6.45, 7) is -0.522. The topological polar surface area (TPSA) is 330 Å². The number of hydrogen-bond acceptors (Lipinski definition) is 12. The van der Waals surface area contributed by atoms with Crippen molar-refractivity contribution in [2.75, 3.05) is 13.2 Å². The Balaban J connectivity index is 1.32. The number of guanidine groups is 1. The van der Waals surface area contributed by atoms with E-state index in [0.717, 1.165) is 16.5 Å². The summed E-state index contributed by atoms with van der Waals surface area (Å²) in [5.41, 5.74) is 18.9. The molecule has 1 aromatic heterocycles. The minimum Gasteiger partial charge on any atom is -0.508 e. The SMILES string of the molecule is NC(=O)[C@H](Cc1c[nH]c2ccccc12)NC(=O)[C@H](CCCN=C(N)N)NC(=O)[C@H](Cc1ccc(O)cc1)NC(=O)c1ccc(O[C@@H]2O[C@H](CO)[C@H](O)[C@H](O)[C@H]2O)cc1. The number of rotatable bonds is 18. The van der Waals surface area contributed by atoms with E-state index >= 15 is 0 Å². The number of aliphatic hydroxyl groups excluding tert-OH is 4. The van der Waals surface area contributed by atoms with E-state index < -0.39 is 79.1 Å². The third-order valence-electron chi connectivity index (χ3n) is 9.55. The largest absolute Gasteiger partial charge is 0.508 e. The number of nitrogens with two attached hydrogens (primary N) is 3. The molecular weight excluding hydrogens is 756 g/mol. The van der Waals surface area contributed by atoms with Crippen molar-refractivity contribution in [1.29, 1.82) is 0 Å². The second-order valence-corrected chi connectivity index (χ2v) is 13.8. The number of phenols is 1. The Morgan fingerprint density at radius 2 is 1.48 bits per heavy atom. The Morgan fingerprint density at radius 3 is 2.16 bits per heavy atom. The number of aliphatic imine (C=N–C) groups is 1. The number of carbonyl (C=O) groups excluding carboxylic acids is 4. The number of benzene rings is 3. The van der Waals surface area contributed by atoms with Crippen molar-refractivity contribution >= 4 is 40.5 Å². The standard InChI is InChI=1S/C39H48N8O11/c40-34(53)28(17-22-18-44-26-5-2-1-4-25(22)26)46-36(55)27(6-3-15-43-39(41)42)45-37(56)29(16-20-7-11-23(49)12-8-20)47-35(54)21-9-13-24(14-10-21)57-38-33(52)32(51)31(50)30(19-48)58-38/h1-2,4-5,7-14,18,27-33,38,44,48-52H,3,6,15-17,19H2,(H2,40,53)(H,45,56)(H,46,55)(H,47,54)(H4,41,42,43)/t27-,28-,29-,30+,31-,32-,33+,38+/m0/s1. The molecule has 0 bridgehead atoms. The van der Waals surface area contributed by atoms with E-state index in [-0.39, 0.29) is 55.3 Å². The molecule has 1 saturated heterocycles. The van der Waals surface area contributed by atoms with Gasteiger partial charge in [0.05, 0.1) is 6.61 Å². The van der Waals surface area contributed by atoms with Gasteiger partial charge in [0.15, 0.2) is 5.96 Å². The molecule has 5 rings (SSSR count). The second-order valence-electron chi connectivity index (χ2n) is 13.8. The molecule has 15 N–H and O–H groups in total. The predicted molar refractivity (Wildman–Crippen MR) is 209 cm³/mol. The average molecular weight is 805 g/mol. The minimum atomic E-state index is -1.66. The van der Waals surface area contributed by atoms with E-state index in [4.69, 9.17) is 26.7 Å². The van der Waals surface area contributed by atoms with Gasteiger partial charge in [-0.3, -0.25) is 24.2 Å². The Hall–Kier alpha value is -6.25. The highest BCUT2D eigenvalue weighted by Crippen LogP contribution is 2.25. The number of hydrogen-bond donors (Lipinski definition) is 12. The lowest BCUT2D eigenvalue weighted by Gasteiger charge is -2.39. The number of amides is 4. The molecular formula is C39H48N8O11. The first-order valence-electron chi connectivity index (χ1n) is 18.4. The molecule has 310 valence electrons. The molecule has 8 atom stereocenters. The van der Waals surface area contributed by atoms with Gasteiger partial charge in [0, 0.05) is 42.0 Å². The van der Waals surface area contributed by atoms with Crippen LogP contribution in [0.3, 0.4) is 0 Å². The number of aromatic amines is 1. The third-order valence-corrected chi connectivity index (χ3v) is 9.55. The quantitative estimate of drug-likeness (QED) is 0.0299. The number of fused-ring (bicyclic) bond motifs is 1. The molecule has 19 nitrogen and oxygen atoms in total. The van der Waals surface area contributed by atoms with Crippen molar-refractivity contribution < 1.29 is 54.2 Å². The van der Waals surface area contributed by atoms with Crippen LogP contribution in [0.5, 0.6) is 11.5 Å². The molecule has 0 radical (unpaired) electrons. The van der Waals surface area contributed by atoms with Crippen LogP contribution < -0.4 is 37.9 Å². The van der Waals surface area contributed by atoms with Gasteiger partial charge in [-0.2, -0.15) is 0 Å². The van der Waals surface area contributed by atoms with E-state index in [1.807, 2.05) is 24.3 Å². The van der Waals surface area contributed by atoms with Gasteiger partial charge in [0.1, 0.15) is 54.0 Å². The van der Waals surface area contributed by atoms with Crippen LogP contribution in [0, 0.1) is 0 Å². The van der Waals surface area contributed by atoms with E-state index in [2.05, 4.69) is 25.9 Å². The van der Waals surface area contributed by atoms with Crippen LogP contribution in [0.1, 0.15) is 34.3 Å². The monoisotopic (exact) mass is 804 g/mol. The lowest BCUT2D eigenvalue weighted by molar-refractivity contribution is -0.277. The summed E-state index contributed by atoms with van der Waals surface area (Å²) in [5.74, 6) is -3.04. The Kier molecular flexibility index (Phi) is 14.6. The summed E-state index contributed by atoms with van der Waals surface area (Å²) >= 11 is 0.